The summed E-state index contributed by atoms with van der Waals surface area (Å²) in [5.74, 6) is -1.00. The molecule has 4 nitrogen and oxygen atoms in total. The van der Waals surface area contributed by atoms with Crippen molar-refractivity contribution >= 4 is 17.3 Å². The SMILES string of the molecule is CC(C)[C@H](NCc1csc(-c2ccc(C(F)(F)F)cc2)n1)C(=O)O. The Bertz CT molecular complexity index is 696. The second kappa shape index (κ2) is 7.31. The van der Waals surface area contributed by atoms with Gasteiger partial charge >= 0.3 is 12.1 Å². The van der Waals surface area contributed by atoms with Crippen molar-refractivity contribution in [2.24, 2.45) is 5.92 Å². The number of halogens is 3. The highest BCUT2D eigenvalue weighted by Crippen LogP contribution is 2.31. The minimum Gasteiger partial charge on any atom is -0.480 e. The molecule has 2 aromatic rings. The zero-order valence-corrected chi connectivity index (χ0v) is 13.9. The van der Waals surface area contributed by atoms with E-state index < -0.39 is 23.8 Å². The van der Waals surface area contributed by atoms with Crippen LogP contribution in [0.25, 0.3) is 10.6 Å². The molecule has 2 rings (SSSR count). The molecule has 0 spiro atoms. The number of nitrogens with one attached hydrogen (secondary N) is 1. The minimum atomic E-state index is -4.36. The summed E-state index contributed by atoms with van der Waals surface area (Å²) in [6, 6.07) is 4.13. The predicted octanol–water partition coefficient (Wildman–Crippen LogP) is 4.03. The lowest BCUT2D eigenvalue weighted by atomic mass is 10.1. The highest BCUT2D eigenvalue weighted by atomic mass is 32.1. The van der Waals surface area contributed by atoms with Crippen LogP contribution >= 0.6 is 11.3 Å². The average Bonchev–Trinajstić information content (AvgIpc) is 2.95. The summed E-state index contributed by atoms with van der Waals surface area (Å²) < 4.78 is 37.7. The van der Waals surface area contributed by atoms with Gasteiger partial charge in [0, 0.05) is 17.5 Å². The van der Waals surface area contributed by atoms with Crippen LogP contribution in [0, 0.1) is 5.92 Å². The summed E-state index contributed by atoms with van der Waals surface area (Å²) in [6.07, 6.45) is -4.36. The van der Waals surface area contributed by atoms with Gasteiger partial charge in [0.2, 0.25) is 0 Å². The normalized spacial score (nSPS) is 13.2. The first-order chi connectivity index (χ1) is 11.2. The molecule has 2 N–H and O–H groups in total. The van der Waals surface area contributed by atoms with Crippen molar-refractivity contribution in [3.05, 3.63) is 40.9 Å². The fraction of sp³-hybridized carbons (Fsp3) is 0.375. The molecule has 0 bridgehead atoms. The first kappa shape index (κ1) is 18.4. The van der Waals surface area contributed by atoms with Gasteiger partial charge in [-0.3, -0.25) is 10.1 Å². The molecule has 0 fully saturated rings. The van der Waals surface area contributed by atoms with Crippen molar-refractivity contribution in [1.29, 1.82) is 0 Å². The Morgan fingerprint density at radius 1 is 1.29 bits per heavy atom. The van der Waals surface area contributed by atoms with Crippen molar-refractivity contribution in [2.45, 2.75) is 32.6 Å². The molecule has 0 radical (unpaired) electrons. The monoisotopic (exact) mass is 358 g/mol. The third kappa shape index (κ3) is 4.55. The van der Waals surface area contributed by atoms with Gasteiger partial charge in [0.25, 0.3) is 0 Å². The van der Waals surface area contributed by atoms with Gasteiger partial charge in [-0.1, -0.05) is 26.0 Å². The Kier molecular flexibility index (Phi) is 5.61. The number of aromatic nitrogens is 1. The van der Waals surface area contributed by atoms with E-state index in [1.54, 1.807) is 19.2 Å². The molecule has 0 aliphatic rings. The van der Waals surface area contributed by atoms with Gasteiger partial charge in [-0.25, -0.2) is 4.98 Å². The number of carboxylic acid groups (broad SMARTS) is 1. The van der Waals surface area contributed by atoms with Crippen LogP contribution in [0.1, 0.15) is 25.1 Å². The van der Waals surface area contributed by atoms with Gasteiger partial charge in [-0.2, -0.15) is 13.2 Å². The van der Waals surface area contributed by atoms with Crippen molar-refractivity contribution in [3.8, 4) is 10.6 Å². The Hall–Kier alpha value is -1.93. The Balaban J connectivity index is 2.06. The number of hydrogen-bond acceptors (Lipinski definition) is 4. The van der Waals surface area contributed by atoms with Crippen molar-refractivity contribution in [1.82, 2.24) is 10.3 Å². The third-order valence-electron chi connectivity index (χ3n) is 3.45. The van der Waals surface area contributed by atoms with Gasteiger partial charge in [0.1, 0.15) is 11.0 Å². The van der Waals surface area contributed by atoms with E-state index in [2.05, 4.69) is 10.3 Å². The molecule has 130 valence electrons. The highest BCUT2D eigenvalue weighted by Gasteiger charge is 2.30. The molecular formula is C16H17F3N2O2S. The zero-order valence-electron chi connectivity index (χ0n) is 13.1. The lowest BCUT2D eigenvalue weighted by Gasteiger charge is -2.16. The van der Waals surface area contributed by atoms with Gasteiger partial charge in [-0.15, -0.1) is 11.3 Å². The standard InChI is InChI=1S/C16H17F3N2O2S/c1-9(2)13(15(22)23)20-7-12-8-24-14(21-12)10-3-5-11(6-4-10)16(17,18)19/h3-6,8-9,13,20H,7H2,1-2H3,(H,22,23)/t13-/m0/s1. The summed E-state index contributed by atoms with van der Waals surface area (Å²) >= 11 is 1.30. The van der Waals surface area contributed by atoms with E-state index in [0.29, 0.717) is 16.3 Å². The first-order valence-corrected chi connectivity index (χ1v) is 8.14. The number of alkyl halides is 3. The summed E-state index contributed by atoms with van der Waals surface area (Å²) in [5.41, 5.74) is 0.547. The molecule has 1 heterocycles. The Labute approximate surface area is 141 Å². The van der Waals surface area contributed by atoms with E-state index in [9.17, 15) is 18.0 Å². The van der Waals surface area contributed by atoms with Crippen LogP contribution < -0.4 is 5.32 Å². The number of carboxylic acids is 1. The second-order valence-corrected chi connectivity index (χ2v) is 6.52. The molecule has 0 amide bonds. The highest BCUT2D eigenvalue weighted by molar-refractivity contribution is 7.13. The van der Waals surface area contributed by atoms with Crippen molar-refractivity contribution in [2.75, 3.05) is 0 Å². The summed E-state index contributed by atoms with van der Waals surface area (Å²) in [7, 11) is 0. The zero-order chi connectivity index (χ0) is 17.9. The van der Waals surface area contributed by atoms with E-state index in [4.69, 9.17) is 5.11 Å². The molecule has 8 heteroatoms. The second-order valence-electron chi connectivity index (χ2n) is 5.66. The van der Waals surface area contributed by atoms with Crippen LogP contribution in [0.2, 0.25) is 0 Å². The van der Waals surface area contributed by atoms with Crippen LogP contribution in [0.4, 0.5) is 13.2 Å². The fourth-order valence-electron chi connectivity index (χ4n) is 2.15. The van der Waals surface area contributed by atoms with Crippen molar-refractivity contribution in [3.63, 3.8) is 0 Å². The molecule has 0 saturated carbocycles. The van der Waals surface area contributed by atoms with Gasteiger partial charge in [0.15, 0.2) is 0 Å². The maximum Gasteiger partial charge on any atom is 0.416 e. The van der Waals surface area contributed by atoms with Crippen LogP contribution in [0.15, 0.2) is 29.6 Å². The number of aliphatic carboxylic acids is 1. The molecular weight excluding hydrogens is 341 g/mol. The average molecular weight is 358 g/mol. The van der Waals surface area contributed by atoms with E-state index in [-0.39, 0.29) is 12.5 Å². The number of benzene rings is 1. The minimum absolute atomic E-state index is 0.0736. The van der Waals surface area contributed by atoms with E-state index in [0.717, 1.165) is 12.1 Å². The van der Waals surface area contributed by atoms with Crippen LogP contribution in [0.5, 0.6) is 0 Å². The molecule has 1 atom stereocenters. The van der Waals surface area contributed by atoms with Crippen molar-refractivity contribution < 1.29 is 23.1 Å². The Morgan fingerprint density at radius 3 is 2.42 bits per heavy atom. The van der Waals surface area contributed by atoms with Gasteiger partial charge in [0.05, 0.1) is 11.3 Å². The number of thiazole rings is 1. The number of rotatable bonds is 6. The van der Waals surface area contributed by atoms with Crippen LogP contribution in [-0.4, -0.2) is 22.1 Å². The molecule has 1 aromatic carbocycles. The Morgan fingerprint density at radius 2 is 1.92 bits per heavy atom. The van der Waals surface area contributed by atoms with Gasteiger partial charge < -0.3 is 5.11 Å². The van der Waals surface area contributed by atoms with Gasteiger partial charge in [-0.05, 0) is 18.1 Å². The van der Waals surface area contributed by atoms with E-state index in [1.807, 2.05) is 0 Å². The quantitative estimate of drug-likeness (QED) is 0.818. The molecule has 0 aliphatic carbocycles. The molecule has 0 unspecified atom stereocenters. The summed E-state index contributed by atoms with van der Waals surface area (Å²) in [5, 5.41) is 14.4. The first-order valence-electron chi connectivity index (χ1n) is 7.26. The maximum atomic E-state index is 12.6. The smallest absolute Gasteiger partial charge is 0.416 e. The predicted molar refractivity (Wildman–Crippen MR) is 85.7 cm³/mol. The molecule has 0 aliphatic heterocycles. The molecule has 24 heavy (non-hydrogen) atoms. The van der Waals surface area contributed by atoms with E-state index in [1.165, 1.54) is 23.5 Å². The van der Waals surface area contributed by atoms with Crippen LogP contribution in [0.3, 0.4) is 0 Å². The van der Waals surface area contributed by atoms with Crippen LogP contribution in [-0.2, 0) is 17.5 Å². The van der Waals surface area contributed by atoms with E-state index >= 15 is 0 Å². The lowest BCUT2D eigenvalue weighted by molar-refractivity contribution is -0.140. The topological polar surface area (TPSA) is 62.2 Å². The number of nitrogens with zero attached hydrogens (tertiary/aromatic N) is 1. The number of carbonyl (C=O) groups is 1. The molecule has 0 saturated heterocycles. The summed E-state index contributed by atoms with van der Waals surface area (Å²) in [4.78, 5) is 15.5. The maximum absolute atomic E-state index is 12.6. The largest absolute Gasteiger partial charge is 0.480 e. The third-order valence-corrected chi connectivity index (χ3v) is 4.39. The fourth-order valence-corrected chi connectivity index (χ4v) is 2.97. The lowest BCUT2D eigenvalue weighted by Crippen LogP contribution is -2.40. The summed E-state index contributed by atoms with van der Waals surface area (Å²) in [6.45, 7) is 3.90. The molecule has 1 aromatic heterocycles. The number of hydrogen-bond donors (Lipinski definition) is 2.